The second kappa shape index (κ2) is 8.76. The molecule has 1 saturated carbocycles. The topological polar surface area (TPSA) is 105 Å². The molecule has 0 bridgehead atoms. The van der Waals surface area contributed by atoms with Crippen LogP contribution in [-0.4, -0.2) is 66.5 Å². The molecular weight excluding hydrogens is 419 g/mol. The van der Waals surface area contributed by atoms with Crippen LogP contribution in [0.15, 0.2) is 0 Å². The van der Waals surface area contributed by atoms with E-state index in [0.717, 1.165) is 12.8 Å². The van der Waals surface area contributed by atoms with E-state index in [9.17, 15) is 32.3 Å². The predicted octanol–water partition coefficient (Wildman–Crippen LogP) is 1.14. The zero-order valence-corrected chi connectivity index (χ0v) is 17.6. The molecule has 0 aromatic carbocycles. The minimum absolute atomic E-state index is 0.0865. The molecule has 1 aliphatic carbocycles. The Labute approximate surface area is 178 Å². The molecule has 2 aliphatic heterocycles. The number of rotatable bonds is 8. The number of amides is 3. The monoisotopic (exact) mass is 447 g/mol. The Morgan fingerprint density at radius 1 is 1.29 bits per heavy atom. The third-order valence-corrected chi connectivity index (χ3v) is 6.31. The molecule has 3 fully saturated rings. The van der Waals surface area contributed by atoms with E-state index in [1.807, 2.05) is 0 Å². The first kappa shape index (κ1) is 23.5. The van der Waals surface area contributed by atoms with E-state index in [1.165, 1.54) is 4.90 Å². The molecule has 3 amide bonds. The van der Waals surface area contributed by atoms with Crippen LogP contribution in [0.4, 0.5) is 13.2 Å². The maximum atomic E-state index is 13.0. The summed E-state index contributed by atoms with van der Waals surface area (Å²) in [4.78, 5) is 51.5. The maximum Gasteiger partial charge on any atom is 0.522 e. The molecule has 3 aliphatic rings. The summed E-state index contributed by atoms with van der Waals surface area (Å²) < 4.78 is 40.8. The molecular formula is C20H28F3N3O5. The fraction of sp³-hybridized carbons (Fsp3) is 0.800. The number of ketones is 1. The van der Waals surface area contributed by atoms with Gasteiger partial charge in [0.05, 0.1) is 6.04 Å². The van der Waals surface area contributed by atoms with Crippen molar-refractivity contribution in [3.63, 3.8) is 0 Å². The Morgan fingerprint density at radius 2 is 1.97 bits per heavy atom. The Kier molecular flexibility index (Phi) is 6.64. The van der Waals surface area contributed by atoms with Crippen molar-refractivity contribution < 1.29 is 37.1 Å². The number of Topliss-reactive ketones (excluding diaryl/α,β-unsaturated/α-hetero) is 1. The fourth-order valence-electron chi connectivity index (χ4n) is 4.34. The van der Waals surface area contributed by atoms with Gasteiger partial charge in [-0.05, 0) is 37.5 Å². The SMILES string of the molecule is CC(C)C(=O)N1CC2(CC2)C[C@H]1C(=O)N[C@@H](C[C@@H]1CCNC1=O)C(=O)COC(F)(F)F. The summed E-state index contributed by atoms with van der Waals surface area (Å²) in [6, 6.07) is -2.09. The number of nitrogens with zero attached hydrogens (tertiary/aromatic N) is 1. The summed E-state index contributed by atoms with van der Waals surface area (Å²) in [5, 5.41) is 5.13. The summed E-state index contributed by atoms with van der Waals surface area (Å²) in [7, 11) is 0. The van der Waals surface area contributed by atoms with Crippen LogP contribution in [0, 0.1) is 17.3 Å². The van der Waals surface area contributed by atoms with Crippen LogP contribution < -0.4 is 10.6 Å². The van der Waals surface area contributed by atoms with Crippen molar-refractivity contribution in [3.8, 4) is 0 Å². The van der Waals surface area contributed by atoms with Crippen LogP contribution in [0.3, 0.4) is 0 Å². The third-order valence-electron chi connectivity index (χ3n) is 6.31. The molecule has 8 nitrogen and oxygen atoms in total. The lowest BCUT2D eigenvalue weighted by Crippen LogP contribution is -2.52. The normalized spacial score (nSPS) is 25.6. The summed E-state index contributed by atoms with van der Waals surface area (Å²) in [5.74, 6) is -2.94. The minimum atomic E-state index is -4.99. The highest BCUT2D eigenvalue weighted by Crippen LogP contribution is 2.55. The Morgan fingerprint density at radius 3 is 2.48 bits per heavy atom. The van der Waals surface area contributed by atoms with Gasteiger partial charge in [0.25, 0.3) is 0 Å². The average Bonchev–Trinajstić information content (AvgIpc) is 3.14. The number of hydrogen-bond donors (Lipinski definition) is 2. The maximum absolute atomic E-state index is 13.0. The fourth-order valence-corrected chi connectivity index (χ4v) is 4.34. The van der Waals surface area contributed by atoms with E-state index in [1.54, 1.807) is 13.8 Å². The van der Waals surface area contributed by atoms with Crippen molar-refractivity contribution in [1.29, 1.82) is 0 Å². The molecule has 2 N–H and O–H groups in total. The number of halogens is 3. The zero-order valence-electron chi connectivity index (χ0n) is 17.6. The lowest BCUT2D eigenvalue weighted by Gasteiger charge is -2.28. The molecule has 11 heteroatoms. The van der Waals surface area contributed by atoms with Gasteiger partial charge in [-0.2, -0.15) is 0 Å². The van der Waals surface area contributed by atoms with Crippen LogP contribution >= 0.6 is 0 Å². The van der Waals surface area contributed by atoms with E-state index >= 15 is 0 Å². The summed E-state index contributed by atoms with van der Waals surface area (Å²) >= 11 is 0. The minimum Gasteiger partial charge on any atom is -0.356 e. The standard InChI is InChI=1S/C20H28F3N3O5/c1-11(2)18(30)26-10-19(4-5-19)8-14(26)17(29)25-13(7-12-3-6-24-16(12)28)15(27)9-31-20(21,22)23/h11-14H,3-10H2,1-2H3,(H,24,28)(H,25,29)/t12-,13-,14-/m0/s1. The Hall–Kier alpha value is -2.17. The van der Waals surface area contributed by atoms with Gasteiger partial charge in [-0.3, -0.25) is 23.9 Å². The predicted molar refractivity (Wildman–Crippen MR) is 101 cm³/mol. The van der Waals surface area contributed by atoms with Crippen molar-refractivity contribution in [2.45, 2.75) is 64.4 Å². The largest absolute Gasteiger partial charge is 0.522 e. The summed E-state index contributed by atoms with van der Waals surface area (Å²) in [6.07, 6.45) is -2.41. The number of alkyl halides is 3. The van der Waals surface area contributed by atoms with Gasteiger partial charge in [-0.25, -0.2) is 0 Å². The highest BCUT2D eigenvalue weighted by Gasteiger charge is 2.55. The summed E-state index contributed by atoms with van der Waals surface area (Å²) in [6.45, 7) is 3.07. The van der Waals surface area contributed by atoms with Crippen LogP contribution in [0.2, 0.25) is 0 Å². The van der Waals surface area contributed by atoms with Gasteiger partial charge >= 0.3 is 6.36 Å². The van der Waals surface area contributed by atoms with Crippen molar-refractivity contribution in [1.82, 2.24) is 15.5 Å². The van der Waals surface area contributed by atoms with Crippen molar-refractivity contribution in [2.24, 2.45) is 17.3 Å². The molecule has 2 heterocycles. The molecule has 31 heavy (non-hydrogen) atoms. The highest BCUT2D eigenvalue weighted by atomic mass is 19.4. The molecule has 174 valence electrons. The Bertz CT molecular complexity index is 751. The van der Waals surface area contributed by atoms with Gasteiger partial charge in [0, 0.05) is 24.9 Å². The molecule has 3 atom stereocenters. The van der Waals surface area contributed by atoms with Gasteiger partial charge < -0.3 is 15.5 Å². The van der Waals surface area contributed by atoms with E-state index in [-0.39, 0.29) is 29.6 Å². The highest BCUT2D eigenvalue weighted by molar-refractivity contribution is 5.94. The summed E-state index contributed by atoms with van der Waals surface area (Å²) in [5.41, 5.74) is -0.0865. The number of nitrogens with one attached hydrogen (secondary N) is 2. The molecule has 0 unspecified atom stereocenters. The first-order chi connectivity index (χ1) is 14.4. The Balaban J connectivity index is 1.72. The van der Waals surface area contributed by atoms with Crippen LogP contribution in [0.5, 0.6) is 0 Å². The number of likely N-dealkylation sites (tertiary alicyclic amines) is 1. The molecule has 2 saturated heterocycles. The van der Waals surface area contributed by atoms with Crippen molar-refractivity contribution in [3.05, 3.63) is 0 Å². The second-order valence-electron chi connectivity index (χ2n) is 9.11. The van der Waals surface area contributed by atoms with Gasteiger partial charge in [-0.15, -0.1) is 13.2 Å². The van der Waals surface area contributed by atoms with Crippen molar-refractivity contribution >= 4 is 23.5 Å². The number of hydrogen-bond acceptors (Lipinski definition) is 5. The first-order valence-corrected chi connectivity index (χ1v) is 10.5. The van der Waals surface area contributed by atoms with E-state index < -0.39 is 42.7 Å². The van der Waals surface area contributed by atoms with E-state index in [0.29, 0.717) is 25.9 Å². The second-order valence-corrected chi connectivity index (χ2v) is 9.11. The van der Waals surface area contributed by atoms with Crippen LogP contribution in [-0.2, 0) is 23.9 Å². The van der Waals surface area contributed by atoms with Crippen molar-refractivity contribution in [2.75, 3.05) is 19.7 Å². The van der Waals surface area contributed by atoms with E-state index in [4.69, 9.17) is 0 Å². The third kappa shape index (κ3) is 5.75. The van der Waals surface area contributed by atoms with Crippen LogP contribution in [0.25, 0.3) is 0 Å². The molecule has 0 radical (unpaired) electrons. The van der Waals surface area contributed by atoms with E-state index in [2.05, 4.69) is 15.4 Å². The lowest BCUT2D eigenvalue weighted by atomic mass is 9.95. The molecule has 0 aromatic heterocycles. The molecule has 0 aromatic rings. The van der Waals surface area contributed by atoms with Gasteiger partial charge in [0.15, 0.2) is 5.78 Å². The number of carbonyl (C=O) groups excluding carboxylic acids is 4. The zero-order chi connectivity index (χ0) is 23.0. The van der Waals surface area contributed by atoms with Crippen LogP contribution in [0.1, 0.15) is 46.0 Å². The van der Waals surface area contributed by atoms with Gasteiger partial charge in [0.2, 0.25) is 17.7 Å². The average molecular weight is 447 g/mol. The number of ether oxygens (including phenoxy) is 1. The smallest absolute Gasteiger partial charge is 0.356 e. The quantitative estimate of drug-likeness (QED) is 0.581. The first-order valence-electron chi connectivity index (χ1n) is 10.5. The number of carbonyl (C=O) groups is 4. The molecule has 1 spiro atoms. The van der Waals surface area contributed by atoms with Gasteiger partial charge in [0.1, 0.15) is 12.6 Å². The van der Waals surface area contributed by atoms with Gasteiger partial charge in [-0.1, -0.05) is 13.8 Å². The lowest BCUT2D eigenvalue weighted by molar-refractivity contribution is -0.321. The molecule has 3 rings (SSSR count).